The molecule has 0 unspecified atom stereocenters. The number of rotatable bonds is 3. The van der Waals surface area contributed by atoms with E-state index in [0.717, 1.165) is 53.7 Å². The van der Waals surface area contributed by atoms with Gasteiger partial charge in [-0.1, -0.05) is 0 Å². The maximum Gasteiger partial charge on any atom is 0.163 e. The second kappa shape index (κ2) is 7.14. The molecule has 3 aromatic heterocycles. The first-order valence-corrected chi connectivity index (χ1v) is 10.0. The van der Waals surface area contributed by atoms with Gasteiger partial charge >= 0.3 is 0 Å². The van der Waals surface area contributed by atoms with Gasteiger partial charge in [-0.25, -0.2) is 9.97 Å². The Hall–Kier alpha value is -3.39. The third-order valence-corrected chi connectivity index (χ3v) is 5.71. The van der Waals surface area contributed by atoms with Gasteiger partial charge in [0.1, 0.15) is 11.5 Å². The number of pyridine rings is 2. The molecule has 1 aliphatic rings. The quantitative estimate of drug-likeness (QED) is 0.543. The monoisotopic (exact) mass is 404 g/mol. The van der Waals surface area contributed by atoms with Gasteiger partial charge < -0.3 is 20.1 Å². The van der Waals surface area contributed by atoms with Crippen LogP contribution in [0.1, 0.15) is 5.56 Å². The Kier molecular flexibility index (Phi) is 4.43. The van der Waals surface area contributed by atoms with Crippen LogP contribution in [0.15, 0.2) is 30.6 Å². The third-order valence-electron chi connectivity index (χ3n) is 5.71. The minimum Gasteiger partial charge on any atom is -0.507 e. The largest absolute Gasteiger partial charge is 0.507 e. The number of piperazine rings is 1. The van der Waals surface area contributed by atoms with Crippen molar-refractivity contribution in [3.05, 3.63) is 36.2 Å². The predicted octanol–water partition coefficient (Wildman–Crippen LogP) is 2.62. The highest BCUT2D eigenvalue weighted by molar-refractivity contribution is 5.93. The molecule has 1 fully saturated rings. The van der Waals surface area contributed by atoms with E-state index < -0.39 is 0 Å². The fourth-order valence-corrected chi connectivity index (χ4v) is 4.11. The van der Waals surface area contributed by atoms with Crippen LogP contribution in [0.3, 0.4) is 0 Å². The number of aromatic hydroxyl groups is 1. The van der Waals surface area contributed by atoms with E-state index in [0.29, 0.717) is 22.7 Å². The summed E-state index contributed by atoms with van der Waals surface area (Å²) in [6, 6.07) is 5.86. The van der Waals surface area contributed by atoms with Crippen molar-refractivity contribution in [3.63, 3.8) is 0 Å². The number of phenolic OH excluding ortho intramolecular Hbond substituents is 1. The molecule has 0 atom stereocenters. The Morgan fingerprint density at radius 3 is 2.73 bits per heavy atom. The van der Waals surface area contributed by atoms with Gasteiger partial charge in [0.25, 0.3) is 0 Å². The number of phenols is 1. The number of fused-ring (bicyclic) bond motifs is 2. The molecular formula is C22H24N6O2. The number of anilines is 1. The average Bonchev–Trinajstić information content (AvgIpc) is 3.16. The van der Waals surface area contributed by atoms with Crippen molar-refractivity contribution in [1.29, 1.82) is 0 Å². The first-order chi connectivity index (χ1) is 14.5. The molecule has 4 aromatic rings. The summed E-state index contributed by atoms with van der Waals surface area (Å²) in [6.07, 6.45) is 3.79. The van der Waals surface area contributed by atoms with Crippen LogP contribution in [-0.4, -0.2) is 58.1 Å². The summed E-state index contributed by atoms with van der Waals surface area (Å²) < 4.78 is 7.43. The minimum atomic E-state index is 0.174. The average molecular weight is 404 g/mol. The summed E-state index contributed by atoms with van der Waals surface area (Å²) in [5.41, 5.74) is 4.42. The van der Waals surface area contributed by atoms with Gasteiger partial charge in [-0.05, 0) is 19.1 Å². The van der Waals surface area contributed by atoms with Crippen LogP contribution in [-0.2, 0) is 7.05 Å². The molecule has 2 N–H and O–H groups in total. The molecule has 1 aromatic carbocycles. The number of aromatic nitrogens is 4. The van der Waals surface area contributed by atoms with Crippen LogP contribution in [0.5, 0.6) is 11.5 Å². The number of hydrogen-bond acceptors (Lipinski definition) is 7. The van der Waals surface area contributed by atoms with E-state index in [1.54, 1.807) is 11.8 Å². The molecule has 30 heavy (non-hydrogen) atoms. The molecule has 5 rings (SSSR count). The highest BCUT2D eigenvalue weighted by Crippen LogP contribution is 2.39. The highest BCUT2D eigenvalue weighted by Gasteiger charge is 2.18. The zero-order valence-electron chi connectivity index (χ0n) is 17.3. The van der Waals surface area contributed by atoms with Crippen molar-refractivity contribution >= 4 is 27.6 Å². The molecule has 8 nitrogen and oxygen atoms in total. The standard InChI is InChI=1S/C22H24N6O2/c1-13-20-14(12-27(2)26-20)8-16(21(13)29)18-10-19(30-3)17-9-15(11-24-22(17)25-18)28-6-4-23-5-7-28/h8-12,23,29H,4-7H2,1-3H3. The summed E-state index contributed by atoms with van der Waals surface area (Å²) in [5, 5.41) is 20.5. The number of hydrogen-bond donors (Lipinski definition) is 2. The lowest BCUT2D eigenvalue weighted by molar-refractivity contribution is 0.419. The van der Waals surface area contributed by atoms with Gasteiger partial charge in [-0.2, -0.15) is 5.10 Å². The first kappa shape index (κ1) is 18.6. The van der Waals surface area contributed by atoms with E-state index >= 15 is 0 Å². The van der Waals surface area contributed by atoms with Crippen LogP contribution in [0.4, 0.5) is 5.69 Å². The molecule has 0 aliphatic carbocycles. The summed E-state index contributed by atoms with van der Waals surface area (Å²) >= 11 is 0. The predicted molar refractivity (Wildman–Crippen MR) is 117 cm³/mol. The van der Waals surface area contributed by atoms with Crippen molar-refractivity contribution < 1.29 is 9.84 Å². The van der Waals surface area contributed by atoms with Gasteiger partial charge in [-0.15, -0.1) is 0 Å². The molecule has 0 radical (unpaired) electrons. The van der Waals surface area contributed by atoms with Crippen LogP contribution >= 0.6 is 0 Å². The zero-order chi connectivity index (χ0) is 20.8. The van der Waals surface area contributed by atoms with Gasteiger partial charge in [-0.3, -0.25) is 4.68 Å². The van der Waals surface area contributed by atoms with Crippen LogP contribution in [0.2, 0.25) is 0 Å². The minimum absolute atomic E-state index is 0.174. The number of ether oxygens (including phenoxy) is 1. The molecule has 0 amide bonds. The van der Waals surface area contributed by atoms with Gasteiger partial charge in [0.05, 0.1) is 35.6 Å². The maximum absolute atomic E-state index is 10.8. The molecule has 4 heterocycles. The van der Waals surface area contributed by atoms with Gasteiger partial charge in [0.15, 0.2) is 5.65 Å². The van der Waals surface area contributed by atoms with Crippen LogP contribution < -0.4 is 15.0 Å². The molecular weight excluding hydrogens is 380 g/mol. The smallest absolute Gasteiger partial charge is 0.163 e. The summed E-state index contributed by atoms with van der Waals surface area (Å²) in [7, 11) is 3.51. The lowest BCUT2D eigenvalue weighted by atomic mass is 10.0. The van der Waals surface area contributed by atoms with Gasteiger partial charge in [0.2, 0.25) is 0 Å². The molecule has 0 bridgehead atoms. The van der Waals surface area contributed by atoms with Crippen molar-refractivity contribution in [2.24, 2.45) is 7.05 Å². The Morgan fingerprint density at radius 1 is 1.17 bits per heavy atom. The maximum atomic E-state index is 10.8. The molecule has 1 saturated heterocycles. The Morgan fingerprint density at radius 2 is 1.97 bits per heavy atom. The number of nitrogens with one attached hydrogen (secondary N) is 1. The van der Waals surface area contributed by atoms with E-state index in [9.17, 15) is 5.11 Å². The lowest BCUT2D eigenvalue weighted by Crippen LogP contribution is -2.43. The summed E-state index contributed by atoms with van der Waals surface area (Å²) in [6.45, 7) is 5.67. The number of aryl methyl sites for hydroxylation is 2. The SMILES string of the molecule is COc1cc(-c2cc3cn(C)nc3c(C)c2O)nc2ncc(N3CCNCC3)cc12. The first-order valence-electron chi connectivity index (χ1n) is 10.0. The Balaban J connectivity index is 1.65. The van der Waals surface area contributed by atoms with Crippen LogP contribution in [0.25, 0.3) is 33.2 Å². The van der Waals surface area contributed by atoms with E-state index in [2.05, 4.69) is 26.4 Å². The van der Waals surface area contributed by atoms with E-state index in [-0.39, 0.29) is 5.75 Å². The van der Waals surface area contributed by atoms with Crippen molar-refractivity contribution in [2.45, 2.75) is 6.92 Å². The van der Waals surface area contributed by atoms with E-state index in [4.69, 9.17) is 9.72 Å². The van der Waals surface area contributed by atoms with E-state index in [1.165, 1.54) is 0 Å². The molecule has 8 heteroatoms. The zero-order valence-corrected chi connectivity index (χ0v) is 17.3. The van der Waals surface area contributed by atoms with Crippen molar-refractivity contribution in [1.82, 2.24) is 25.1 Å². The van der Waals surface area contributed by atoms with Gasteiger partial charge in [0, 0.05) is 62.0 Å². The van der Waals surface area contributed by atoms with E-state index in [1.807, 2.05) is 38.5 Å². The third kappa shape index (κ3) is 3.00. The molecule has 1 aliphatic heterocycles. The molecule has 154 valence electrons. The summed E-state index contributed by atoms with van der Waals surface area (Å²) in [5.74, 6) is 0.857. The molecule has 0 saturated carbocycles. The number of nitrogens with zero attached hydrogens (tertiary/aromatic N) is 5. The normalized spacial score (nSPS) is 14.6. The second-order valence-corrected chi connectivity index (χ2v) is 7.65. The fourth-order valence-electron chi connectivity index (χ4n) is 4.11. The molecule has 0 spiro atoms. The summed E-state index contributed by atoms with van der Waals surface area (Å²) in [4.78, 5) is 11.7. The highest BCUT2D eigenvalue weighted by atomic mass is 16.5. The fraction of sp³-hybridized carbons (Fsp3) is 0.318. The second-order valence-electron chi connectivity index (χ2n) is 7.65. The van der Waals surface area contributed by atoms with Crippen molar-refractivity contribution in [3.8, 4) is 22.8 Å². The number of benzene rings is 1. The van der Waals surface area contributed by atoms with Crippen molar-refractivity contribution in [2.75, 3.05) is 38.2 Å². The lowest BCUT2D eigenvalue weighted by Gasteiger charge is -2.29. The topological polar surface area (TPSA) is 88.3 Å². The number of methoxy groups -OCH3 is 1. The Bertz CT molecular complexity index is 1260. The van der Waals surface area contributed by atoms with Crippen LogP contribution in [0, 0.1) is 6.92 Å². The Labute approximate surface area is 174 Å².